The number of carbonyl (C=O) groups excluding carboxylic acids is 2. The lowest BCUT2D eigenvalue weighted by atomic mass is 10.1. The summed E-state index contributed by atoms with van der Waals surface area (Å²) >= 11 is 0. The molecule has 1 aromatic carbocycles. The SMILES string of the molecule is O=COCC[C@H](OC=O)c1ccccc1. The predicted octanol–water partition coefficient (Wildman–Crippen LogP) is 1.46. The second-order valence-corrected chi connectivity index (χ2v) is 2.89. The first kappa shape index (κ1) is 11.2. The lowest BCUT2D eigenvalue weighted by Gasteiger charge is -2.14. The normalized spacial score (nSPS) is 11.5. The van der Waals surface area contributed by atoms with Gasteiger partial charge in [-0.25, -0.2) is 0 Å². The van der Waals surface area contributed by atoms with Crippen LogP contribution in [0.15, 0.2) is 30.3 Å². The van der Waals surface area contributed by atoms with E-state index in [0.29, 0.717) is 19.4 Å². The van der Waals surface area contributed by atoms with Crippen molar-refractivity contribution < 1.29 is 19.1 Å². The third-order valence-electron chi connectivity index (χ3n) is 1.96. The Kier molecular flexibility index (Phi) is 4.94. The van der Waals surface area contributed by atoms with Crippen molar-refractivity contribution >= 4 is 12.9 Å². The molecule has 0 N–H and O–H groups in total. The second kappa shape index (κ2) is 6.59. The molecule has 0 aromatic heterocycles. The number of rotatable bonds is 7. The molecule has 0 saturated carbocycles. The van der Waals surface area contributed by atoms with Crippen molar-refractivity contribution in [3.8, 4) is 0 Å². The molecule has 1 rings (SSSR count). The summed E-state index contributed by atoms with van der Waals surface area (Å²) in [5.41, 5.74) is 0.888. The van der Waals surface area contributed by atoms with E-state index < -0.39 is 0 Å². The van der Waals surface area contributed by atoms with Crippen molar-refractivity contribution in [1.29, 1.82) is 0 Å². The van der Waals surface area contributed by atoms with Crippen LogP contribution in [-0.4, -0.2) is 19.6 Å². The molecule has 0 aliphatic heterocycles. The Bertz CT molecular complexity index is 297. The van der Waals surface area contributed by atoms with Crippen LogP contribution in [0.5, 0.6) is 0 Å². The highest BCUT2D eigenvalue weighted by Crippen LogP contribution is 2.19. The zero-order valence-electron chi connectivity index (χ0n) is 8.17. The third kappa shape index (κ3) is 3.81. The van der Waals surface area contributed by atoms with Crippen molar-refractivity contribution in [2.75, 3.05) is 6.61 Å². The summed E-state index contributed by atoms with van der Waals surface area (Å²) < 4.78 is 9.45. The van der Waals surface area contributed by atoms with Gasteiger partial charge in [-0.15, -0.1) is 0 Å². The molecule has 0 aliphatic carbocycles. The van der Waals surface area contributed by atoms with Gasteiger partial charge < -0.3 is 9.47 Å². The van der Waals surface area contributed by atoms with Crippen molar-refractivity contribution in [1.82, 2.24) is 0 Å². The maximum atomic E-state index is 10.3. The molecule has 0 unspecified atom stereocenters. The average Bonchev–Trinajstić information content (AvgIpc) is 2.29. The van der Waals surface area contributed by atoms with E-state index in [1.165, 1.54) is 0 Å². The molecule has 4 heteroatoms. The molecule has 80 valence electrons. The van der Waals surface area contributed by atoms with E-state index in [-0.39, 0.29) is 12.7 Å². The topological polar surface area (TPSA) is 52.6 Å². The van der Waals surface area contributed by atoms with E-state index >= 15 is 0 Å². The lowest BCUT2D eigenvalue weighted by molar-refractivity contribution is -0.136. The van der Waals surface area contributed by atoms with E-state index in [4.69, 9.17) is 4.74 Å². The van der Waals surface area contributed by atoms with E-state index in [9.17, 15) is 9.59 Å². The van der Waals surface area contributed by atoms with Gasteiger partial charge in [0.25, 0.3) is 12.9 Å². The van der Waals surface area contributed by atoms with Gasteiger partial charge in [0.15, 0.2) is 0 Å². The van der Waals surface area contributed by atoms with Gasteiger partial charge in [-0.3, -0.25) is 9.59 Å². The molecule has 0 radical (unpaired) electrons. The highest BCUT2D eigenvalue weighted by atomic mass is 16.5. The first-order valence-electron chi connectivity index (χ1n) is 4.57. The molecule has 0 fully saturated rings. The zero-order valence-corrected chi connectivity index (χ0v) is 8.17. The van der Waals surface area contributed by atoms with Crippen LogP contribution in [0.1, 0.15) is 18.1 Å². The van der Waals surface area contributed by atoms with E-state index in [1.54, 1.807) is 0 Å². The van der Waals surface area contributed by atoms with Crippen LogP contribution in [-0.2, 0) is 19.1 Å². The van der Waals surface area contributed by atoms with Crippen molar-refractivity contribution in [3.05, 3.63) is 35.9 Å². The molecule has 15 heavy (non-hydrogen) atoms. The smallest absolute Gasteiger partial charge is 0.293 e. The number of benzene rings is 1. The summed E-state index contributed by atoms with van der Waals surface area (Å²) in [5, 5.41) is 0. The highest BCUT2D eigenvalue weighted by Gasteiger charge is 2.11. The van der Waals surface area contributed by atoms with Crippen LogP contribution < -0.4 is 0 Å². The summed E-state index contributed by atoms with van der Waals surface area (Å²) in [4.78, 5) is 20.2. The lowest BCUT2D eigenvalue weighted by Crippen LogP contribution is -2.07. The molecule has 0 heterocycles. The van der Waals surface area contributed by atoms with Crippen molar-refractivity contribution in [3.63, 3.8) is 0 Å². The fourth-order valence-corrected chi connectivity index (χ4v) is 1.27. The van der Waals surface area contributed by atoms with Crippen molar-refractivity contribution in [2.24, 2.45) is 0 Å². The minimum Gasteiger partial charge on any atom is -0.468 e. The molecule has 0 bridgehead atoms. The van der Waals surface area contributed by atoms with Gasteiger partial charge in [-0.05, 0) is 5.56 Å². The number of hydrogen-bond donors (Lipinski definition) is 0. The molecule has 1 atom stereocenters. The van der Waals surface area contributed by atoms with E-state index in [0.717, 1.165) is 5.56 Å². The van der Waals surface area contributed by atoms with Gasteiger partial charge in [0.2, 0.25) is 0 Å². The van der Waals surface area contributed by atoms with Crippen LogP contribution in [0, 0.1) is 0 Å². The second-order valence-electron chi connectivity index (χ2n) is 2.89. The Morgan fingerprint density at radius 3 is 2.47 bits per heavy atom. The quantitative estimate of drug-likeness (QED) is 0.503. The van der Waals surface area contributed by atoms with Gasteiger partial charge in [0.05, 0.1) is 6.61 Å². The summed E-state index contributed by atoms with van der Waals surface area (Å²) in [6, 6.07) is 9.31. The Labute approximate surface area is 87.8 Å². The molecular formula is C11H12O4. The minimum atomic E-state index is -0.358. The first-order chi connectivity index (χ1) is 7.38. The standard InChI is InChI=1S/C11H12O4/c12-8-14-7-6-11(15-9-13)10-4-2-1-3-5-10/h1-5,8-9,11H,6-7H2/t11-/m0/s1. The Morgan fingerprint density at radius 1 is 1.13 bits per heavy atom. The Balaban J connectivity index is 2.57. The Morgan fingerprint density at radius 2 is 1.87 bits per heavy atom. The average molecular weight is 208 g/mol. The van der Waals surface area contributed by atoms with Gasteiger partial charge >= 0.3 is 0 Å². The summed E-state index contributed by atoms with van der Waals surface area (Å²) in [5.74, 6) is 0. The largest absolute Gasteiger partial charge is 0.468 e. The molecule has 0 aliphatic rings. The fraction of sp³-hybridized carbons (Fsp3) is 0.273. The minimum absolute atomic E-state index is 0.233. The number of ether oxygens (including phenoxy) is 2. The monoisotopic (exact) mass is 208 g/mol. The summed E-state index contributed by atoms with van der Waals surface area (Å²) in [7, 11) is 0. The van der Waals surface area contributed by atoms with Gasteiger partial charge in [-0.2, -0.15) is 0 Å². The van der Waals surface area contributed by atoms with Gasteiger partial charge in [0, 0.05) is 6.42 Å². The first-order valence-corrected chi connectivity index (χ1v) is 4.57. The van der Waals surface area contributed by atoms with Crippen molar-refractivity contribution in [2.45, 2.75) is 12.5 Å². The number of carbonyl (C=O) groups is 2. The zero-order chi connectivity index (χ0) is 10.9. The van der Waals surface area contributed by atoms with Gasteiger partial charge in [-0.1, -0.05) is 30.3 Å². The van der Waals surface area contributed by atoms with Crippen LogP contribution >= 0.6 is 0 Å². The molecule has 0 spiro atoms. The van der Waals surface area contributed by atoms with Crippen LogP contribution in [0.25, 0.3) is 0 Å². The summed E-state index contributed by atoms with van der Waals surface area (Å²) in [6.45, 7) is 1.01. The van der Waals surface area contributed by atoms with E-state index in [2.05, 4.69) is 4.74 Å². The molecule has 4 nitrogen and oxygen atoms in total. The van der Waals surface area contributed by atoms with Crippen LogP contribution in [0.4, 0.5) is 0 Å². The number of hydrogen-bond acceptors (Lipinski definition) is 4. The maximum Gasteiger partial charge on any atom is 0.293 e. The molecule has 0 amide bonds. The molecule has 0 saturated heterocycles. The maximum absolute atomic E-state index is 10.3. The Hall–Kier alpha value is -1.84. The third-order valence-corrected chi connectivity index (χ3v) is 1.96. The van der Waals surface area contributed by atoms with Crippen LogP contribution in [0.3, 0.4) is 0 Å². The fourth-order valence-electron chi connectivity index (χ4n) is 1.27. The molecular weight excluding hydrogens is 196 g/mol. The summed E-state index contributed by atoms with van der Waals surface area (Å²) in [6.07, 6.45) is 0.102. The van der Waals surface area contributed by atoms with Crippen LogP contribution in [0.2, 0.25) is 0 Å². The highest BCUT2D eigenvalue weighted by molar-refractivity contribution is 5.39. The van der Waals surface area contributed by atoms with Gasteiger partial charge in [0.1, 0.15) is 6.10 Å². The predicted molar refractivity (Wildman–Crippen MR) is 53.0 cm³/mol. The molecule has 1 aromatic rings. The van der Waals surface area contributed by atoms with E-state index in [1.807, 2.05) is 30.3 Å².